The fourth-order valence-corrected chi connectivity index (χ4v) is 3.96. The molecule has 0 amide bonds. The molecule has 0 aromatic heterocycles. The highest BCUT2D eigenvalue weighted by Gasteiger charge is 2.17. The predicted molar refractivity (Wildman–Crippen MR) is 121 cm³/mol. The Labute approximate surface area is 169 Å². The first-order chi connectivity index (χ1) is 12.9. The number of aryl methyl sites for hydroxylation is 2. The van der Waals surface area contributed by atoms with Crippen LogP contribution in [0.3, 0.4) is 0 Å². The second-order valence-corrected chi connectivity index (χ2v) is 8.31. The second-order valence-electron chi connectivity index (χ2n) is 7.90. The van der Waals surface area contributed by atoms with E-state index in [2.05, 4.69) is 85.7 Å². The van der Waals surface area contributed by atoms with Gasteiger partial charge in [-0.25, -0.2) is 0 Å². The fourth-order valence-electron chi connectivity index (χ4n) is 3.66. The van der Waals surface area contributed by atoms with Crippen LogP contribution in [0.5, 0.6) is 0 Å². The van der Waals surface area contributed by atoms with Gasteiger partial charge in [0.05, 0.1) is 6.04 Å². The molecule has 0 spiro atoms. The molecule has 1 aliphatic heterocycles. The molecule has 1 saturated heterocycles. The fraction of sp³-hybridized carbons (Fsp3) is 0.435. The number of nitrogens with zero attached hydrogens (tertiary/aromatic N) is 1. The van der Waals surface area contributed by atoms with Gasteiger partial charge in [-0.3, -0.25) is 0 Å². The minimum Gasteiger partial charge on any atom is -0.371 e. The van der Waals surface area contributed by atoms with Crippen LogP contribution in [0, 0.1) is 19.8 Å². The van der Waals surface area contributed by atoms with Gasteiger partial charge in [0, 0.05) is 24.5 Å². The van der Waals surface area contributed by atoms with Crippen molar-refractivity contribution in [3.63, 3.8) is 0 Å². The summed E-state index contributed by atoms with van der Waals surface area (Å²) in [6.45, 7) is 11.1. The minimum atomic E-state index is 0.158. The zero-order valence-corrected chi connectivity index (χ0v) is 17.7. The van der Waals surface area contributed by atoms with Gasteiger partial charge in [0.2, 0.25) is 0 Å². The van der Waals surface area contributed by atoms with E-state index in [4.69, 9.17) is 12.2 Å². The third-order valence-corrected chi connectivity index (χ3v) is 5.75. The molecule has 0 bridgehead atoms. The van der Waals surface area contributed by atoms with Crippen molar-refractivity contribution in [1.29, 1.82) is 0 Å². The van der Waals surface area contributed by atoms with E-state index < -0.39 is 0 Å². The maximum atomic E-state index is 5.50. The molecule has 3 rings (SSSR count). The Balaban J connectivity index is 1.57. The van der Waals surface area contributed by atoms with E-state index >= 15 is 0 Å². The smallest absolute Gasteiger partial charge is 0.171 e. The highest BCUT2D eigenvalue weighted by atomic mass is 32.1. The first-order valence-corrected chi connectivity index (χ1v) is 10.3. The van der Waals surface area contributed by atoms with Crippen LogP contribution >= 0.6 is 12.2 Å². The predicted octanol–water partition coefficient (Wildman–Crippen LogP) is 5.59. The van der Waals surface area contributed by atoms with E-state index in [-0.39, 0.29) is 6.04 Å². The quantitative estimate of drug-likeness (QED) is 0.675. The zero-order chi connectivity index (χ0) is 19.4. The van der Waals surface area contributed by atoms with E-state index in [9.17, 15) is 0 Å². The van der Waals surface area contributed by atoms with E-state index in [1.54, 1.807) is 0 Å². The summed E-state index contributed by atoms with van der Waals surface area (Å²) in [4.78, 5) is 2.50. The van der Waals surface area contributed by atoms with Gasteiger partial charge in [0.15, 0.2) is 5.11 Å². The number of hydrogen-bond donors (Lipinski definition) is 2. The largest absolute Gasteiger partial charge is 0.371 e. The molecule has 2 N–H and O–H groups in total. The van der Waals surface area contributed by atoms with Crippen molar-refractivity contribution in [2.24, 2.45) is 5.92 Å². The van der Waals surface area contributed by atoms with Crippen LogP contribution in [0.15, 0.2) is 42.5 Å². The summed E-state index contributed by atoms with van der Waals surface area (Å²) in [7, 11) is 0. The summed E-state index contributed by atoms with van der Waals surface area (Å²) in [6.07, 6.45) is 2.64. The maximum absolute atomic E-state index is 5.50. The molecule has 2 aromatic carbocycles. The molecule has 3 nitrogen and oxygen atoms in total. The molecule has 144 valence electrons. The van der Waals surface area contributed by atoms with Crippen molar-refractivity contribution in [2.45, 2.75) is 46.6 Å². The number of hydrogen-bond acceptors (Lipinski definition) is 2. The molecule has 2 atom stereocenters. The first kappa shape index (κ1) is 19.7. The highest BCUT2D eigenvalue weighted by molar-refractivity contribution is 7.80. The van der Waals surface area contributed by atoms with Crippen molar-refractivity contribution in [1.82, 2.24) is 5.32 Å². The summed E-state index contributed by atoms with van der Waals surface area (Å²) < 4.78 is 0. The molecule has 2 aromatic rings. The van der Waals surface area contributed by atoms with Crippen LogP contribution in [0.2, 0.25) is 0 Å². The van der Waals surface area contributed by atoms with Crippen molar-refractivity contribution in [3.05, 3.63) is 59.2 Å². The van der Waals surface area contributed by atoms with Crippen LogP contribution in [-0.2, 0) is 0 Å². The van der Waals surface area contributed by atoms with Crippen LogP contribution in [0.25, 0.3) is 0 Å². The average Bonchev–Trinajstić information content (AvgIpc) is 2.65. The lowest BCUT2D eigenvalue weighted by molar-refractivity contribution is 0.447. The van der Waals surface area contributed by atoms with Crippen molar-refractivity contribution in [3.8, 4) is 0 Å². The number of rotatable bonds is 4. The molecule has 0 saturated carbocycles. The van der Waals surface area contributed by atoms with Gasteiger partial charge in [-0.05, 0) is 92.7 Å². The maximum Gasteiger partial charge on any atom is 0.171 e. The summed E-state index contributed by atoms with van der Waals surface area (Å²) >= 11 is 5.50. The normalized spacial score (nSPS) is 18.1. The van der Waals surface area contributed by atoms with Crippen LogP contribution in [0.4, 0.5) is 11.4 Å². The molecular weight excluding hydrogens is 350 g/mol. The molecule has 1 heterocycles. The summed E-state index contributed by atoms with van der Waals surface area (Å²) in [6, 6.07) is 15.4. The number of anilines is 2. The lowest BCUT2D eigenvalue weighted by Gasteiger charge is -2.33. The Morgan fingerprint density at radius 3 is 2.52 bits per heavy atom. The number of nitrogens with one attached hydrogen (secondary N) is 2. The van der Waals surface area contributed by atoms with E-state index in [0.717, 1.165) is 18.2 Å². The highest BCUT2D eigenvalue weighted by Crippen LogP contribution is 2.24. The van der Waals surface area contributed by atoms with E-state index in [1.165, 1.54) is 41.8 Å². The van der Waals surface area contributed by atoms with Crippen molar-refractivity contribution >= 4 is 28.7 Å². The van der Waals surface area contributed by atoms with Crippen LogP contribution in [0.1, 0.15) is 49.4 Å². The molecule has 0 aliphatic carbocycles. The van der Waals surface area contributed by atoms with E-state index in [0.29, 0.717) is 5.11 Å². The lowest BCUT2D eigenvalue weighted by Crippen LogP contribution is -2.34. The van der Waals surface area contributed by atoms with Gasteiger partial charge in [-0.15, -0.1) is 0 Å². The Morgan fingerprint density at radius 1 is 1.11 bits per heavy atom. The van der Waals surface area contributed by atoms with Gasteiger partial charge in [0.1, 0.15) is 0 Å². The third kappa shape index (κ3) is 5.23. The van der Waals surface area contributed by atoms with Gasteiger partial charge in [0.25, 0.3) is 0 Å². The monoisotopic (exact) mass is 381 g/mol. The lowest BCUT2D eigenvalue weighted by atomic mass is 9.99. The molecule has 4 heteroatoms. The molecule has 1 aliphatic rings. The Hall–Kier alpha value is -2.07. The number of piperidine rings is 1. The Kier molecular flexibility index (Phi) is 6.38. The summed E-state index contributed by atoms with van der Waals surface area (Å²) in [5, 5.41) is 7.33. The van der Waals surface area contributed by atoms with Gasteiger partial charge >= 0.3 is 0 Å². The van der Waals surface area contributed by atoms with E-state index in [1.807, 2.05) is 0 Å². The summed E-state index contributed by atoms with van der Waals surface area (Å²) in [5.74, 6) is 0.785. The third-order valence-electron chi connectivity index (χ3n) is 5.53. The van der Waals surface area contributed by atoms with Crippen LogP contribution in [-0.4, -0.2) is 18.2 Å². The Morgan fingerprint density at radius 2 is 1.85 bits per heavy atom. The van der Waals surface area contributed by atoms with Gasteiger partial charge < -0.3 is 15.5 Å². The van der Waals surface area contributed by atoms with Crippen LogP contribution < -0.4 is 15.5 Å². The first-order valence-electron chi connectivity index (χ1n) is 9.92. The number of thiocarbonyl (C=S) groups is 1. The van der Waals surface area contributed by atoms with Crippen molar-refractivity contribution in [2.75, 3.05) is 23.3 Å². The molecule has 1 fully saturated rings. The average molecular weight is 382 g/mol. The Bertz CT molecular complexity index is 785. The molecule has 27 heavy (non-hydrogen) atoms. The second kappa shape index (κ2) is 8.75. The van der Waals surface area contributed by atoms with Gasteiger partial charge in [-0.1, -0.05) is 25.1 Å². The molecular formula is C23H31N3S. The number of benzene rings is 2. The topological polar surface area (TPSA) is 27.3 Å². The standard InChI is InChI=1S/C23H31N3S/c1-16-6-5-13-26(15-16)22-11-8-20(9-12-22)19(4)24-23(27)25-21-10-7-17(2)18(3)14-21/h7-12,14,16,19H,5-6,13,15H2,1-4H3,(H2,24,25,27)/t16-,19+/m0/s1. The summed E-state index contributed by atoms with van der Waals surface area (Å²) in [5.41, 5.74) is 6.15. The zero-order valence-electron chi connectivity index (χ0n) is 16.9. The minimum absolute atomic E-state index is 0.158. The van der Waals surface area contributed by atoms with Crippen molar-refractivity contribution < 1.29 is 0 Å². The van der Waals surface area contributed by atoms with Gasteiger partial charge in [-0.2, -0.15) is 0 Å². The molecule has 0 radical (unpaired) electrons. The SMILES string of the molecule is Cc1ccc(NC(=S)N[C@H](C)c2ccc(N3CCC[C@H](C)C3)cc2)cc1C. The molecule has 0 unspecified atom stereocenters.